The number of hydrogen-bond acceptors (Lipinski definition) is 5. The van der Waals surface area contributed by atoms with Gasteiger partial charge in [-0.25, -0.2) is 4.79 Å². The molecular formula is C26H27N3O4S. The van der Waals surface area contributed by atoms with Crippen LogP contribution in [0.2, 0.25) is 0 Å². The molecular weight excluding hydrogens is 450 g/mol. The van der Waals surface area contributed by atoms with Crippen LogP contribution in [0, 0.1) is 13.8 Å². The van der Waals surface area contributed by atoms with Crippen molar-refractivity contribution in [1.29, 1.82) is 0 Å². The lowest BCUT2D eigenvalue weighted by Gasteiger charge is -2.20. The molecule has 1 amide bonds. The maximum atomic E-state index is 13.3. The smallest absolute Gasteiger partial charge is 0.412 e. The molecule has 4 rings (SSSR count). The van der Waals surface area contributed by atoms with E-state index in [1.54, 1.807) is 51.1 Å². The van der Waals surface area contributed by atoms with Gasteiger partial charge in [-0.05, 0) is 81.6 Å². The zero-order valence-electron chi connectivity index (χ0n) is 19.8. The number of fused-ring (bicyclic) bond motifs is 1. The summed E-state index contributed by atoms with van der Waals surface area (Å²) in [4.78, 5) is 12.4. The predicted octanol–water partition coefficient (Wildman–Crippen LogP) is 5.90. The van der Waals surface area contributed by atoms with E-state index in [1.165, 1.54) is 6.20 Å². The lowest BCUT2D eigenvalue weighted by atomic mass is 10.0. The van der Waals surface area contributed by atoms with E-state index in [4.69, 9.17) is 4.74 Å². The van der Waals surface area contributed by atoms with Crippen LogP contribution in [0.4, 0.5) is 10.5 Å². The molecule has 0 unspecified atom stereocenters. The summed E-state index contributed by atoms with van der Waals surface area (Å²) in [5.74, 6) is 0. The first-order valence-electron chi connectivity index (χ1n) is 10.8. The van der Waals surface area contributed by atoms with Crippen molar-refractivity contribution in [2.75, 3.05) is 5.32 Å². The quantitative estimate of drug-likeness (QED) is 0.395. The molecule has 0 aliphatic rings. The number of benzene rings is 3. The number of ether oxygens (including phenoxy) is 1. The van der Waals surface area contributed by atoms with E-state index >= 15 is 0 Å². The number of hydrogen-bond donors (Lipinski definition) is 1. The van der Waals surface area contributed by atoms with Gasteiger partial charge in [0.2, 0.25) is 0 Å². The lowest BCUT2D eigenvalue weighted by Crippen LogP contribution is -2.27. The number of amides is 1. The van der Waals surface area contributed by atoms with E-state index in [-0.39, 0.29) is 4.90 Å². The molecule has 1 aromatic heterocycles. The second-order valence-electron chi connectivity index (χ2n) is 9.29. The number of carbonyl (C=O) groups excluding carboxylic acids is 1. The molecule has 1 N–H and O–H groups in total. The Morgan fingerprint density at radius 2 is 1.62 bits per heavy atom. The van der Waals surface area contributed by atoms with Crippen molar-refractivity contribution < 1.29 is 17.9 Å². The molecule has 0 aliphatic heterocycles. The Bertz CT molecular complexity index is 1480. The minimum Gasteiger partial charge on any atom is -0.444 e. The maximum Gasteiger partial charge on any atom is 0.412 e. The van der Waals surface area contributed by atoms with Gasteiger partial charge in [-0.15, -0.1) is 0 Å². The molecule has 0 saturated carbocycles. The van der Waals surface area contributed by atoms with Crippen LogP contribution in [0.25, 0.3) is 22.0 Å². The van der Waals surface area contributed by atoms with E-state index in [0.717, 1.165) is 26.3 Å². The number of aryl methyl sites for hydroxylation is 2. The van der Waals surface area contributed by atoms with E-state index in [0.29, 0.717) is 16.6 Å². The van der Waals surface area contributed by atoms with Gasteiger partial charge in [-0.3, -0.25) is 5.32 Å². The first kappa shape index (κ1) is 23.5. The number of nitrogens with zero attached hydrogens (tertiary/aromatic N) is 2. The highest BCUT2D eigenvalue weighted by molar-refractivity contribution is 7.90. The summed E-state index contributed by atoms with van der Waals surface area (Å²) in [6, 6.07) is 17.9. The fraction of sp³-hybridized carbons (Fsp3) is 0.231. The minimum absolute atomic E-state index is 0.174. The Balaban J connectivity index is 1.73. The average Bonchev–Trinajstić information content (AvgIpc) is 3.16. The summed E-state index contributed by atoms with van der Waals surface area (Å²) in [7, 11) is -3.86. The summed E-state index contributed by atoms with van der Waals surface area (Å²) >= 11 is 0. The zero-order valence-corrected chi connectivity index (χ0v) is 20.6. The van der Waals surface area contributed by atoms with Gasteiger partial charge in [0, 0.05) is 11.1 Å². The molecule has 8 heteroatoms. The highest BCUT2D eigenvalue weighted by Gasteiger charge is 2.21. The Morgan fingerprint density at radius 3 is 2.29 bits per heavy atom. The third kappa shape index (κ3) is 4.97. The number of nitrogens with one attached hydrogen (secondary N) is 1. The second kappa shape index (κ2) is 8.61. The largest absolute Gasteiger partial charge is 0.444 e. The first-order chi connectivity index (χ1) is 15.9. The zero-order chi connectivity index (χ0) is 24.7. The van der Waals surface area contributed by atoms with Crippen molar-refractivity contribution >= 4 is 32.7 Å². The van der Waals surface area contributed by atoms with Crippen LogP contribution in [0.3, 0.4) is 0 Å². The van der Waals surface area contributed by atoms with Crippen LogP contribution in [0.5, 0.6) is 0 Å². The average molecular weight is 478 g/mol. The fourth-order valence-electron chi connectivity index (χ4n) is 3.62. The second-order valence-corrected chi connectivity index (χ2v) is 11.1. The van der Waals surface area contributed by atoms with Crippen molar-refractivity contribution in [2.45, 2.75) is 45.1 Å². The molecule has 1 heterocycles. The van der Waals surface area contributed by atoms with Crippen LogP contribution >= 0.6 is 0 Å². The first-order valence-corrected chi connectivity index (χ1v) is 12.3. The maximum absolute atomic E-state index is 13.3. The molecule has 0 aliphatic carbocycles. The highest BCUT2D eigenvalue weighted by atomic mass is 32.2. The standard InChI is InChI=1S/C26H27N3O4S/c1-17-6-10-23(11-7-17)34(31,32)29-24-15-19(8-9-20(24)16-27-29)21-12-18(2)13-22(14-21)28-25(30)33-26(3,4)5/h6-16H,1-5H3,(H,28,30). The molecule has 0 saturated heterocycles. The topological polar surface area (TPSA) is 90.3 Å². The Hall–Kier alpha value is -3.65. The predicted molar refractivity (Wildman–Crippen MR) is 134 cm³/mol. The molecule has 0 fully saturated rings. The summed E-state index contributed by atoms with van der Waals surface area (Å²) in [5.41, 5.74) is 3.98. The Kier molecular flexibility index (Phi) is 5.95. The van der Waals surface area contributed by atoms with Gasteiger partial charge in [0.1, 0.15) is 5.60 Å². The summed E-state index contributed by atoms with van der Waals surface area (Å²) in [6.45, 7) is 9.24. The van der Waals surface area contributed by atoms with Crippen molar-refractivity contribution in [1.82, 2.24) is 9.19 Å². The van der Waals surface area contributed by atoms with Crippen LogP contribution in [-0.2, 0) is 14.8 Å². The Labute approximate surface area is 199 Å². The molecule has 0 bridgehead atoms. The molecule has 7 nitrogen and oxygen atoms in total. The van der Waals surface area contributed by atoms with Crippen LogP contribution in [0.15, 0.2) is 71.8 Å². The summed E-state index contributed by atoms with van der Waals surface area (Å²) in [5, 5.41) is 7.64. The van der Waals surface area contributed by atoms with E-state index in [1.807, 2.05) is 44.2 Å². The lowest BCUT2D eigenvalue weighted by molar-refractivity contribution is 0.0636. The summed E-state index contributed by atoms with van der Waals surface area (Å²) < 4.78 is 32.9. The van der Waals surface area contributed by atoms with Crippen molar-refractivity contribution in [3.8, 4) is 11.1 Å². The van der Waals surface area contributed by atoms with Crippen molar-refractivity contribution in [3.63, 3.8) is 0 Å². The number of rotatable bonds is 4. The van der Waals surface area contributed by atoms with Crippen LogP contribution in [0.1, 0.15) is 31.9 Å². The number of aromatic nitrogens is 2. The molecule has 0 radical (unpaired) electrons. The molecule has 4 aromatic rings. The van der Waals surface area contributed by atoms with Gasteiger partial charge >= 0.3 is 6.09 Å². The van der Waals surface area contributed by atoms with E-state index < -0.39 is 21.7 Å². The van der Waals surface area contributed by atoms with Crippen molar-refractivity contribution in [2.24, 2.45) is 0 Å². The molecule has 3 aromatic carbocycles. The number of carbonyl (C=O) groups is 1. The highest BCUT2D eigenvalue weighted by Crippen LogP contribution is 2.29. The molecule has 34 heavy (non-hydrogen) atoms. The van der Waals surface area contributed by atoms with Gasteiger partial charge in [0.15, 0.2) is 0 Å². The SMILES string of the molecule is Cc1ccc(S(=O)(=O)n2ncc3ccc(-c4cc(C)cc(NC(=O)OC(C)(C)C)c4)cc32)cc1. The third-order valence-corrected chi connectivity index (χ3v) is 6.75. The molecule has 176 valence electrons. The number of anilines is 1. The van der Waals surface area contributed by atoms with Crippen molar-refractivity contribution in [3.05, 3.63) is 78.0 Å². The van der Waals surface area contributed by atoms with Gasteiger partial charge in [0.25, 0.3) is 10.0 Å². The molecule has 0 spiro atoms. The van der Waals surface area contributed by atoms with Crippen LogP contribution in [-0.4, -0.2) is 29.3 Å². The van der Waals surface area contributed by atoms with Gasteiger partial charge in [-0.2, -0.15) is 17.6 Å². The third-order valence-electron chi connectivity index (χ3n) is 5.14. The van der Waals surface area contributed by atoms with Gasteiger partial charge in [0.05, 0.1) is 16.6 Å². The normalized spacial score (nSPS) is 12.0. The minimum atomic E-state index is -3.86. The Morgan fingerprint density at radius 1 is 0.912 bits per heavy atom. The van der Waals surface area contributed by atoms with Gasteiger partial charge in [-0.1, -0.05) is 35.9 Å². The van der Waals surface area contributed by atoms with E-state index in [9.17, 15) is 13.2 Å². The monoisotopic (exact) mass is 477 g/mol. The van der Waals surface area contributed by atoms with E-state index in [2.05, 4.69) is 10.4 Å². The van der Waals surface area contributed by atoms with Gasteiger partial charge < -0.3 is 4.74 Å². The fourth-order valence-corrected chi connectivity index (χ4v) is 4.89. The summed E-state index contributed by atoms with van der Waals surface area (Å²) in [6.07, 6.45) is 0.998. The van der Waals surface area contributed by atoms with Crippen LogP contribution < -0.4 is 5.32 Å². The molecule has 0 atom stereocenters.